The lowest BCUT2D eigenvalue weighted by Gasteiger charge is -2.03. The third kappa shape index (κ3) is 2.46. The van der Waals surface area contributed by atoms with Crippen molar-refractivity contribution >= 4 is 32.9 Å². The second-order valence-corrected chi connectivity index (χ2v) is 3.94. The zero-order valence-corrected chi connectivity index (χ0v) is 9.64. The van der Waals surface area contributed by atoms with Gasteiger partial charge in [-0.15, -0.1) is 0 Å². The summed E-state index contributed by atoms with van der Waals surface area (Å²) in [5.74, 6) is -0.843. The molecule has 5 nitrogen and oxygen atoms in total. The van der Waals surface area contributed by atoms with E-state index in [2.05, 4.69) is 25.9 Å². The molecule has 0 spiro atoms. The SMILES string of the molecule is O=C(O)COc1cnc2ccc(Br)cc2n1. The van der Waals surface area contributed by atoms with Crippen molar-refractivity contribution in [3.8, 4) is 5.88 Å². The topological polar surface area (TPSA) is 72.3 Å². The number of aromatic nitrogens is 2. The normalized spacial score (nSPS) is 10.3. The van der Waals surface area contributed by atoms with Gasteiger partial charge in [-0.2, -0.15) is 0 Å². The van der Waals surface area contributed by atoms with Crippen LogP contribution in [0.15, 0.2) is 28.9 Å². The van der Waals surface area contributed by atoms with Crippen LogP contribution in [0.1, 0.15) is 0 Å². The molecule has 0 radical (unpaired) electrons. The molecule has 82 valence electrons. The summed E-state index contributed by atoms with van der Waals surface area (Å²) in [6.45, 7) is -0.422. The van der Waals surface area contributed by atoms with Crippen LogP contribution in [-0.4, -0.2) is 27.7 Å². The molecule has 0 unspecified atom stereocenters. The molecule has 0 saturated carbocycles. The molecule has 0 saturated heterocycles. The molecule has 1 aromatic carbocycles. The first-order valence-electron chi connectivity index (χ1n) is 4.42. The summed E-state index contributed by atoms with van der Waals surface area (Å²) in [6.07, 6.45) is 1.40. The Bertz CT molecular complexity index is 545. The second kappa shape index (κ2) is 4.44. The molecule has 2 rings (SSSR count). The van der Waals surface area contributed by atoms with E-state index in [4.69, 9.17) is 9.84 Å². The minimum atomic E-state index is -1.05. The lowest BCUT2D eigenvalue weighted by molar-refractivity contribution is -0.139. The highest BCUT2D eigenvalue weighted by molar-refractivity contribution is 9.10. The Labute approximate surface area is 99.2 Å². The van der Waals surface area contributed by atoms with E-state index in [-0.39, 0.29) is 5.88 Å². The van der Waals surface area contributed by atoms with Crippen LogP contribution < -0.4 is 4.74 Å². The van der Waals surface area contributed by atoms with Gasteiger partial charge < -0.3 is 9.84 Å². The van der Waals surface area contributed by atoms with E-state index < -0.39 is 12.6 Å². The van der Waals surface area contributed by atoms with E-state index in [0.717, 1.165) is 9.99 Å². The molecule has 1 heterocycles. The summed E-state index contributed by atoms with van der Waals surface area (Å²) < 4.78 is 5.81. The Morgan fingerprint density at radius 3 is 3.00 bits per heavy atom. The van der Waals surface area contributed by atoms with Gasteiger partial charge >= 0.3 is 5.97 Å². The van der Waals surface area contributed by atoms with E-state index in [9.17, 15) is 4.79 Å². The number of aliphatic carboxylic acids is 1. The largest absolute Gasteiger partial charge is 0.479 e. The Morgan fingerprint density at radius 1 is 1.44 bits per heavy atom. The maximum atomic E-state index is 10.3. The van der Waals surface area contributed by atoms with Crippen molar-refractivity contribution in [2.75, 3.05) is 6.61 Å². The van der Waals surface area contributed by atoms with E-state index in [1.165, 1.54) is 6.20 Å². The fourth-order valence-electron chi connectivity index (χ4n) is 1.17. The lowest BCUT2D eigenvalue weighted by Crippen LogP contribution is -2.10. The quantitative estimate of drug-likeness (QED) is 0.930. The van der Waals surface area contributed by atoms with Gasteiger partial charge in [0.1, 0.15) is 0 Å². The maximum absolute atomic E-state index is 10.3. The number of fused-ring (bicyclic) bond motifs is 1. The van der Waals surface area contributed by atoms with E-state index in [1.807, 2.05) is 12.1 Å². The first-order chi connectivity index (χ1) is 7.65. The zero-order chi connectivity index (χ0) is 11.5. The molecule has 0 aliphatic heterocycles. The van der Waals surface area contributed by atoms with Gasteiger partial charge in [0.05, 0.1) is 17.2 Å². The van der Waals surface area contributed by atoms with Crippen LogP contribution >= 0.6 is 15.9 Å². The molecule has 6 heteroatoms. The van der Waals surface area contributed by atoms with Crippen LogP contribution in [0.2, 0.25) is 0 Å². The van der Waals surface area contributed by atoms with E-state index in [1.54, 1.807) is 6.07 Å². The molecule has 1 aromatic heterocycles. The minimum absolute atomic E-state index is 0.202. The van der Waals surface area contributed by atoms with Crippen molar-refractivity contribution < 1.29 is 14.6 Å². The van der Waals surface area contributed by atoms with Gasteiger partial charge in [0.25, 0.3) is 0 Å². The fraction of sp³-hybridized carbons (Fsp3) is 0.100. The van der Waals surface area contributed by atoms with Gasteiger partial charge in [0.15, 0.2) is 6.61 Å². The van der Waals surface area contributed by atoms with Crippen LogP contribution in [0.25, 0.3) is 11.0 Å². The highest BCUT2D eigenvalue weighted by Gasteiger charge is 2.03. The predicted octanol–water partition coefficient (Wildman–Crippen LogP) is 1.86. The third-order valence-corrected chi connectivity index (χ3v) is 2.32. The average Bonchev–Trinajstić information content (AvgIpc) is 2.25. The third-order valence-electron chi connectivity index (χ3n) is 1.83. The van der Waals surface area contributed by atoms with E-state index >= 15 is 0 Å². The highest BCUT2D eigenvalue weighted by atomic mass is 79.9. The summed E-state index contributed by atoms with van der Waals surface area (Å²) in [5, 5.41) is 8.45. The molecular formula is C10H7BrN2O3. The smallest absolute Gasteiger partial charge is 0.341 e. The summed E-state index contributed by atoms with van der Waals surface area (Å²) in [4.78, 5) is 18.5. The van der Waals surface area contributed by atoms with Crippen molar-refractivity contribution in [1.29, 1.82) is 0 Å². The number of halogens is 1. The number of carbonyl (C=O) groups is 1. The van der Waals surface area contributed by atoms with Crippen LogP contribution in [-0.2, 0) is 4.79 Å². The van der Waals surface area contributed by atoms with Crippen molar-refractivity contribution in [2.45, 2.75) is 0 Å². The zero-order valence-electron chi connectivity index (χ0n) is 8.05. The van der Waals surface area contributed by atoms with Crippen molar-refractivity contribution in [1.82, 2.24) is 9.97 Å². The summed E-state index contributed by atoms with van der Waals surface area (Å²) in [6, 6.07) is 5.46. The van der Waals surface area contributed by atoms with Crippen LogP contribution in [0.4, 0.5) is 0 Å². The molecular weight excluding hydrogens is 276 g/mol. The number of hydrogen-bond acceptors (Lipinski definition) is 4. The Morgan fingerprint density at radius 2 is 2.25 bits per heavy atom. The average molecular weight is 283 g/mol. The molecule has 2 aromatic rings. The van der Waals surface area contributed by atoms with Gasteiger partial charge in [0, 0.05) is 4.47 Å². The highest BCUT2D eigenvalue weighted by Crippen LogP contribution is 2.18. The monoisotopic (exact) mass is 282 g/mol. The van der Waals surface area contributed by atoms with E-state index in [0.29, 0.717) is 5.52 Å². The van der Waals surface area contributed by atoms with Crippen LogP contribution in [0.5, 0.6) is 5.88 Å². The number of carboxylic acid groups (broad SMARTS) is 1. The molecule has 0 amide bonds. The maximum Gasteiger partial charge on any atom is 0.341 e. The number of hydrogen-bond donors (Lipinski definition) is 1. The second-order valence-electron chi connectivity index (χ2n) is 3.02. The van der Waals surface area contributed by atoms with Gasteiger partial charge in [0.2, 0.25) is 5.88 Å². The molecule has 0 atom stereocenters. The van der Waals surface area contributed by atoms with Gasteiger partial charge in [-0.05, 0) is 18.2 Å². The van der Waals surface area contributed by atoms with Gasteiger partial charge in [-0.25, -0.2) is 14.8 Å². The first-order valence-corrected chi connectivity index (χ1v) is 5.21. The van der Waals surface area contributed by atoms with Gasteiger partial charge in [-0.1, -0.05) is 15.9 Å². The minimum Gasteiger partial charge on any atom is -0.479 e. The molecule has 1 N–H and O–H groups in total. The Kier molecular flexibility index (Phi) is 3.00. The molecule has 0 aliphatic rings. The van der Waals surface area contributed by atoms with Gasteiger partial charge in [-0.3, -0.25) is 0 Å². The van der Waals surface area contributed by atoms with Crippen LogP contribution in [0, 0.1) is 0 Å². The summed E-state index contributed by atoms with van der Waals surface area (Å²) >= 11 is 3.32. The molecule has 16 heavy (non-hydrogen) atoms. The Balaban J connectivity index is 2.31. The van der Waals surface area contributed by atoms with Crippen molar-refractivity contribution in [3.63, 3.8) is 0 Å². The summed E-state index contributed by atoms with van der Waals surface area (Å²) in [7, 11) is 0. The van der Waals surface area contributed by atoms with Crippen molar-refractivity contribution in [3.05, 3.63) is 28.9 Å². The Hall–Kier alpha value is -1.69. The number of ether oxygens (including phenoxy) is 1. The fourth-order valence-corrected chi connectivity index (χ4v) is 1.52. The number of carboxylic acids is 1. The summed E-state index contributed by atoms with van der Waals surface area (Å²) in [5.41, 5.74) is 1.38. The molecule has 0 bridgehead atoms. The number of rotatable bonds is 3. The van der Waals surface area contributed by atoms with Crippen molar-refractivity contribution in [2.24, 2.45) is 0 Å². The number of nitrogens with zero attached hydrogens (tertiary/aromatic N) is 2. The number of benzene rings is 1. The first kappa shape index (κ1) is 10.8. The lowest BCUT2D eigenvalue weighted by atomic mass is 10.3. The van der Waals surface area contributed by atoms with Crippen LogP contribution in [0.3, 0.4) is 0 Å². The molecule has 0 aliphatic carbocycles. The predicted molar refractivity (Wildman–Crippen MR) is 60.4 cm³/mol. The molecule has 0 fully saturated rings. The standard InChI is InChI=1S/C10H7BrN2O3/c11-6-1-2-7-8(3-6)13-9(4-12-7)16-5-10(14)15/h1-4H,5H2,(H,14,15).